The average Bonchev–Trinajstić information content (AvgIpc) is 3.43. The van der Waals surface area contributed by atoms with E-state index in [4.69, 9.17) is 0 Å². The molecule has 0 N–H and O–H groups in total. The highest BCUT2D eigenvalue weighted by Crippen LogP contribution is 2.48. The zero-order chi connectivity index (χ0) is 17.4. The molecule has 2 aliphatic rings. The highest BCUT2D eigenvalue weighted by molar-refractivity contribution is 5.83. The summed E-state index contributed by atoms with van der Waals surface area (Å²) in [7, 11) is 0. The third-order valence-electron chi connectivity index (χ3n) is 5.06. The van der Waals surface area contributed by atoms with E-state index in [9.17, 15) is 9.18 Å². The average molecular weight is 340 g/mol. The number of nitrogens with zero attached hydrogens (tertiary/aromatic N) is 4. The molecule has 0 bridgehead atoms. The van der Waals surface area contributed by atoms with Crippen molar-refractivity contribution < 1.29 is 9.18 Å². The van der Waals surface area contributed by atoms with E-state index >= 15 is 0 Å². The van der Waals surface area contributed by atoms with E-state index in [-0.39, 0.29) is 11.8 Å². The largest absolute Gasteiger partial charge is 0.339 e. The summed E-state index contributed by atoms with van der Waals surface area (Å²) in [6, 6.07) is 8.45. The second-order valence-electron chi connectivity index (χ2n) is 6.88. The summed E-state index contributed by atoms with van der Waals surface area (Å²) < 4.78 is 12.9. The Balaban J connectivity index is 1.34. The molecule has 4 rings (SSSR count). The Morgan fingerprint density at radius 1 is 1.16 bits per heavy atom. The standard InChI is InChI=1S/C19H21FN4O/c1-13-3-2-4-14(9-13)16-10-17(16)18(25)23-5-7-24(8-6-23)19-21-11-15(20)12-22-19/h2-4,9,11-12,16-17H,5-8,10H2,1H3/t16-,17+/m0/s1. The van der Waals surface area contributed by atoms with Gasteiger partial charge in [0.1, 0.15) is 0 Å². The fourth-order valence-corrected chi connectivity index (χ4v) is 3.57. The van der Waals surface area contributed by atoms with E-state index < -0.39 is 5.82 Å². The number of hydrogen-bond acceptors (Lipinski definition) is 4. The molecule has 2 atom stereocenters. The van der Waals surface area contributed by atoms with Crippen molar-refractivity contribution in [3.63, 3.8) is 0 Å². The van der Waals surface area contributed by atoms with Gasteiger partial charge < -0.3 is 9.80 Å². The van der Waals surface area contributed by atoms with Crippen molar-refractivity contribution in [2.45, 2.75) is 19.3 Å². The summed E-state index contributed by atoms with van der Waals surface area (Å²) in [4.78, 5) is 24.7. The van der Waals surface area contributed by atoms with E-state index in [1.807, 2.05) is 9.80 Å². The summed E-state index contributed by atoms with van der Waals surface area (Å²) in [6.07, 6.45) is 3.30. The summed E-state index contributed by atoms with van der Waals surface area (Å²) in [6.45, 7) is 4.77. The van der Waals surface area contributed by atoms with Gasteiger partial charge in [0.15, 0.2) is 5.82 Å². The van der Waals surface area contributed by atoms with Gasteiger partial charge in [0.2, 0.25) is 11.9 Å². The molecule has 0 radical (unpaired) electrons. The quantitative estimate of drug-likeness (QED) is 0.861. The zero-order valence-corrected chi connectivity index (χ0v) is 14.2. The van der Waals surface area contributed by atoms with Crippen LogP contribution in [0.15, 0.2) is 36.7 Å². The van der Waals surface area contributed by atoms with Crippen LogP contribution in [0.3, 0.4) is 0 Å². The number of benzene rings is 1. The van der Waals surface area contributed by atoms with Crippen molar-refractivity contribution in [2.75, 3.05) is 31.1 Å². The van der Waals surface area contributed by atoms with Crippen molar-refractivity contribution in [1.82, 2.24) is 14.9 Å². The molecule has 2 aromatic rings. The third kappa shape index (κ3) is 3.34. The number of hydrogen-bond donors (Lipinski definition) is 0. The van der Waals surface area contributed by atoms with Crippen LogP contribution in [0.1, 0.15) is 23.5 Å². The van der Waals surface area contributed by atoms with Gasteiger partial charge in [-0.1, -0.05) is 29.8 Å². The summed E-state index contributed by atoms with van der Waals surface area (Å²) in [5.74, 6) is 0.832. The van der Waals surface area contributed by atoms with Gasteiger partial charge in [0.25, 0.3) is 0 Å². The van der Waals surface area contributed by atoms with E-state index in [2.05, 4.69) is 41.2 Å². The molecule has 1 aliphatic heterocycles. The minimum absolute atomic E-state index is 0.121. The predicted octanol–water partition coefficient (Wildman–Crippen LogP) is 2.38. The van der Waals surface area contributed by atoms with Gasteiger partial charge in [-0.05, 0) is 24.8 Å². The Kier molecular flexibility index (Phi) is 4.11. The minimum atomic E-state index is -0.437. The van der Waals surface area contributed by atoms with E-state index in [0.29, 0.717) is 38.0 Å². The van der Waals surface area contributed by atoms with Crippen molar-refractivity contribution >= 4 is 11.9 Å². The number of anilines is 1. The maximum Gasteiger partial charge on any atom is 0.226 e. The van der Waals surface area contributed by atoms with Gasteiger partial charge >= 0.3 is 0 Å². The van der Waals surface area contributed by atoms with Crippen LogP contribution in [-0.2, 0) is 4.79 Å². The number of amides is 1. The number of aryl methyl sites for hydroxylation is 1. The Labute approximate surface area is 146 Å². The molecule has 0 spiro atoms. The van der Waals surface area contributed by atoms with Crippen LogP contribution in [0.4, 0.5) is 10.3 Å². The summed E-state index contributed by atoms with van der Waals surface area (Å²) >= 11 is 0. The number of halogens is 1. The lowest BCUT2D eigenvalue weighted by molar-refractivity contribution is -0.133. The first-order chi connectivity index (χ1) is 12.1. The number of piperazine rings is 1. The molecule has 6 heteroatoms. The fraction of sp³-hybridized carbons (Fsp3) is 0.421. The van der Waals surface area contributed by atoms with Crippen LogP contribution in [0, 0.1) is 18.7 Å². The minimum Gasteiger partial charge on any atom is -0.339 e. The van der Waals surface area contributed by atoms with E-state index in [0.717, 1.165) is 6.42 Å². The molecular formula is C19H21FN4O. The SMILES string of the molecule is Cc1cccc([C@@H]2C[C@H]2C(=O)N2CCN(c3ncc(F)cn3)CC2)c1. The molecule has 1 saturated heterocycles. The van der Waals surface area contributed by atoms with Gasteiger partial charge in [-0.2, -0.15) is 0 Å². The van der Waals surface area contributed by atoms with Gasteiger partial charge in [-0.3, -0.25) is 4.79 Å². The smallest absolute Gasteiger partial charge is 0.226 e. The molecule has 5 nitrogen and oxygen atoms in total. The van der Waals surface area contributed by atoms with Gasteiger partial charge in [0, 0.05) is 32.1 Å². The highest BCUT2D eigenvalue weighted by atomic mass is 19.1. The van der Waals surface area contributed by atoms with Crippen LogP contribution in [0.25, 0.3) is 0 Å². The Hall–Kier alpha value is -2.50. The second kappa shape index (κ2) is 6.43. The highest BCUT2D eigenvalue weighted by Gasteiger charge is 2.46. The first-order valence-electron chi connectivity index (χ1n) is 8.69. The molecule has 0 unspecified atom stereocenters. The van der Waals surface area contributed by atoms with Crippen molar-refractivity contribution in [2.24, 2.45) is 5.92 Å². The molecule has 1 aliphatic carbocycles. The van der Waals surface area contributed by atoms with E-state index in [1.165, 1.54) is 23.5 Å². The first kappa shape index (κ1) is 16.0. The lowest BCUT2D eigenvalue weighted by Crippen LogP contribution is -2.49. The van der Waals surface area contributed by atoms with Crippen molar-refractivity contribution in [1.29, 1.82) is 0 Å². The van der Waals surface area contributed by atoms with Crippen LogP contribution in [0.5, 0.6) is 0 Å². The van der Waals surface area contributed by atoms with Crippen LogP contribution in [0.2, 0.25) is 0 Å². The molecule has 1 amide bonds. The first-order valence-corrected chi connectivity index (χ1v) is 8.69. The van der Waals surface area contributed by atoms with Crippen molar-refractivity contribution in [3.8, 4) is 0 Å². The summed E-state index contributed by atoms with van der Waals surface area (Å²) in [5, 5.41) is 0. The summed E-state index contributed by atoms with van der Waals surface area (Å²) in [5.41, 5.74) is 2.51. The number of carbonyl (C=O) groups is 1. The van der Waals surface area contributed by atoms with Crippen LogP contribution >= 0.6 is 0 Å². The molecule has 1 saturated carbocycles. The predicted molar refractivity (Wildman–Crippen MR) is 92.8 cm³/mol. The molecule has 2 fully saturated rings. The van der Waals surface area contributed by atoms with Crippen LogP contribution < -0.4 is 4.90 Å². The molecule has 2 heterocycles. The Morgan fingerprint density at radius 2 is 1.88 bits per heavy atom. The molecule has 130 valence electrons. The lowest BCUT2D eigenvalue weighted by Gasteiger charge is -2.34. The third-order valence-corrected chi connectivity index (χ3v) is 5.06. The normalized spacial score (nSPS) is 22.8. The lowest BCUT2D eigenvalue weighted by atomic mass is 10.1. The topological polar surface area (TPSA) is 49.3 Å². The van der Waals surface area contributed by atoms with Gasteiger partial charge in [0.05, 0.1) is 12.4 Å². The number of rotatable bonds is 3. The maximum absolute atomic E-state index is 12.9. The van der Waals surface area contributed by atoms with Crippen LogP contribution in [-0.4, -0.2) is 47.0 Å². The Morgan fingerprint density at radius 3 is 2.56 bits per heavy atom. The maximum atomic E-state index is 12.9. The molecular weight excluding hydrogens is 319 g/mol. The Bertz CT molecular complexity index is 771. The fourth-order valence-electron chi connectivity index (χ4n) is 3.57. The number of aromatic nitrogens is 2. The number of carbonyl (C=O) groups excluding carboxylic acids is 1. The monoisotopic (exact) mass is 340 g/mol. The molecule has 1 aromatic heterocycles. The molecule has 25 heavy (non-hydrogen) atoms. The second-order valence-corrected chi connectivity index (χ2v) is 6.88. The molecule has 1 aromatic carbocycles. The van der Waals surface area contributed by atoms with Gasteiger partial charge in [-0.15, -0.1) is 0 Å². The van der Waals surface area contributed by atoms with Crippen molar-refractivity contribution in [3.05, 3.63) is 53.6 Å². The zero-order valence-electron chi connectivity index (χ0n) is 14.2. The van der Waals surface area contributed by atoms with Gasteiger partial charge in [-0.25, -0.2) is 14.4 Å². The van der Waals surface area contributed by atoms with E-state index in [1.54, 1.807) is 0 Å².